The number of ether oxygens (including phenoxy) is 1. The fourth-order valence-electron chi connectivity index (χ4n) is 3.22. The Morgan fingerprint density at radius 1 is 1.05 bits per heavy atom. The summed E-state index contributed by atoms with van der Waals surface area (Å²) in [5.74, 6) is 1.23. The molecule has 2 aromatic carbocycles. The molecule has 1 unspecified atom stereocenters. The average molecular weight is 267 g/mol. The SMILES string of the molecule is Cc1c(N)cc2c(c1C)OC(C)(C)C2c1ccccc1. The maximum absolute atomic E-state index is 6.27. The van der Waals surface area contributed by atoms with Crippen LogP contribution in [-0.4, -0.2) is 5.60 Å². The van der Waals surface area contributed by atoms with Crippen molar-refractivity contribution in [1.29, 1.82) is 0 Å². The third-order valence-electron chi connectivity index (χ3n) is 4.41. The van der Waals surface area contributed by atoms with E-state index in [0.29, 0.717) is 0 Å². The zero-order valence-electron chi connectivity index (χ0n) is 12.5. The molecule has 2 nitrogen and oxygen atoms in total. The molecule has 1 aliphatic rings. The minimum Gasteiger partial charge on any atom is -0.486 e. The molecule has 0 aliphatic carbocycles. The first kappa shape index (κ1) is 13.0. The van der Waals surface area contributed by atoms with Crippen LogP contribution in [0.5, 0.6) is 5.75 Å². The van der Waals surface area contributed by atoms with Gasteiger partial charge in [-0.1, -0.05) is 30.3 Å². The molecule has 2 aromatic rings. The Kier molecular flexibility index (Phi) is 2.79. The van der Waals surface area contributed by atoms with Crippen LogP contribution in [0.25, 0.3) is 0 Å². The Balaban J connectivity index is 2.24. The van der Waals surface area contributed by atoms with E-state index < -0.39 is 0 Å². The second-order valence-corrected chi connectivity index (χ2v) is 6.18. The molecule has 0 radical (unpaired) electrons. The van der Waals surface area contributed by atoms with Gasteiger partial charge in [0, 0.05) is 11.3 Å². The first-order chi connectivity index (χ1) is 9.42. The second kappa shape index (κ2) is 4.27. The molecule has 0 saturated heterocycles. The lowest BCUT2D eigenvalue weighted by molar-refractivity contribution is 0.121. The van der Waals surface area contributed by atoms with Crippen LogP contribution < -0.4 is 10.5 Å². The van der Waals surface area contributed by atoms with Crippen LogP contribution in [0.1, 0.15) is 42.0 Å². The first-order valence-electron chi connectivity index (χ1n) is 7.05. The predicted octanol–water partition coefficient (Wildman–Crippen LogP) is 4.19. The highest BCUT2D eigenvalue weighted by Crippen LogP contribution is 2.51. The van der Waals surface area contributed by atoms with E-state index in [2.05, 4.69) is 58.0 Å². The number of nitrogens with two attached hydrogens (primary N) is 1. The van der Waals surface area contributed by atoms with E-state index in [4.69, 9.17) is 10.5 Å². The van der Waals surface area contributed by atoms with Gasteiger partial charge in [0.05, 0.1) is 5.92 Å². The van der Waals surface area contributed by atoms with Crippen molar-refractivity contribution in [3.8, 4) is 5.75 Å². The third-order valence-corrected chi connectivity index (χ3v) is 4.41. The summed E-state index contributed by atoms with van der Waals surface area (Å²) >= 11 is 0. The molecular weight excluding hydrogens is 246 g/mol. The number of nitrogen functional groups attached to an aromatic ring is 1. The highest BCUT2D eigenvalue weighted by Gasteiger charge is 2.43. The summed E-state index contributed by atoms with van der Waals surface area (Å²) < 4.78 is 6.27. The molecule has 2 heteroatoms. The van der Waals surface area contributed by atoms with Crippen LogP contribution in [0.15, 0.2) is 36.4 Å². The summed E-state index contributed by atoms with van der Waals surface area (Å²) in [5.41, 5.74) is 11.5. The van der Waals surface area contributed by atoms with Crippen LogP contribution in [0.3, 0.4) is 0 Å². The lowest BCUT2D eigenvalue weighted by Gasteiger charge is -2.26. The van der Waals surface area contributed by atoms with E-state index in [9.17, 15) is 0 Å². The molecular formula is C18H21NO. The van der Waals surface area contributed by atoms with Crippen molar-refractivity contribution in [3.63, 3.8) is 0 Å². The molecule has 2 N–H and O–H groups in total. The largest absolute Gasteiger partial charge is 0.486 e. The van der Waals surface area contributed by atoms with Gasteiger partial charge in [-0.15, -0.1) is 0 Å². The topological polar surface area (TPSA) is 35.2 Å². The highest BCUT2D eigenvalue weighted by molar-refractivity contribution is 5.64. The molecule has 0 aromatic heterocycles. The van der Waals surface area contributed by atoms with E-state index in [0.717, 1.165) is 22.6 Å². The summed E-state index contributed by atoms with van der Waals surface area (Å²) in [6.07, 6.45) is 0. The summed E-state index contributed by atoms with van der Waals surface area (Å²) in [5, 5.41) is 0. The number of benzene rings is 2. The number of hydrogen-bond acceptors (Lipinski definition) is 2. The molecule has 3 rings (SSSR count). The van der Waals surface area contributed by atoms with E-state index >= 15 is 0 Å². The second-order valence-electron chi connectivity index (χ2n) is 6.18. The Hall–Kier alpha value is -1.96. The summed E-state index contributed by atoms with van der Waals surface area (Å²) in [6, 6.07) is 12.6. The van der Waals surface area contributed by atoms with Crippen LogP contribution in [0, 0.1) is 13.8 Å². The molecule has 20 heavy (non-hydrogen) atoms. The monoisotopic (exact) mass is 267 g/mol. The maximum Gasteiger partial charge on any atom is 0.127 e. The Labute approximate surface area is 120 Å². The molecule has 0 saturated carbocycles. The minimum atomic E-state index is -0.255. The summed E-state index contributed by atoms with van der Waals surface area (Å²) in [7, 11) is 0. The summed E-state index contributed by atoms with van der Waals surface area (Å²) in [4.78, 5) is 0. The number of rotatable bonds is 1. The smallest absolute Gasteiger partial charge is 0.127 e. The maximum atomic E-state index is 6.27. The van der Waals surface area contributed by atoms with Crippen LogP contribution >= 0.6 is 0 Å². The highest BCUT2D eigenvalue weighted by atomic mass is 16.5. The van der Waals surface area contributed by atoms with E-state index in [1.807, 2.05) is 6.07 Å². The van der Waals surface area contributed by atoms with Crippen LogP contribution in [0.4, 0.5) is 5.69 Å². The lowest BCUT2D eigenvalue weighted by Crippen LogP contribution is -2.30. The number of fused-ring (bicyclic) bond motifs is 1. The van der Waals surface area contributed by atoms with Gasteiger partial charge in [0.15, 0.2) is 0 Å². The van der Waals surface area contributed by atoms with Crippen molar-refractivity contribution in [3.05, 3.63) is 58.7 Å². The first-order valence-corrected chi connectivity index (χ1v) is 7.05. The van der Waals surface area contributed by atoms with Crippen LogP contribution in [0.2, 0.25) is 0 Å². The van der Waals surface area contributed by atoms with Gasteiger partial charge >= 0.3 is 0 Å². The lowest BCUT2D eigenvalue weighted by atomic mass is 9.80. The number of hydrogen-bond donors (Lipinski definition) is 1. The third kappa shape index (κ3) is 1.79. The molecule has 0 spiro atoms. The number of anilines is 1. The fraction of sp³-hybridized carbons (Fsp3) is 0.333. The zero-order valence-corrected chi connectivity index (χ0v) is 12.5. The van der Waals surface area contributed by atoms with E-state index in [1.165, 1.54) is 11.1 Å². The fourth-order valence-corrected chi connectivity index (χ4v) is 3.22. The Morgan fingerprint density at radius 2 is 1.70 bits per heavy atom. The quantitative estimate of drug-likeness (QED) is 0.786. The molecule has 0 fully saturated rings. The van der Waals surface area contributed by atoms with Crippen molar-refractivity contribution >= 4 is 5.69 Å². The molecule has 0 amide bonds. The van der Waals surface area contributed by atoms with Crippen molar-refractivity contribution in [2.45, 2.75) is 39.2 Å². The predicted molar refractivity (Wildman–Crippen MR) is 83.3 cm³/mol. The Bertz CT molecular complexity index is 659. The molecule has 104 valence electrons. The van der Waals surface area contributed by atoms with Crippen molar-refractivity contribution < 1.29 is 4.74 Å². The van der Waals surface area contributed by atoms with Gasteiger partial charge in [-0.25, -0.2) is 0 Å². The van der Waals surface area contributed by atoms with Crippen molar-refractivity contribution in [2.24, 2.45) is 0 Å². The van der Waals surface area contributed by atoms with Gasteiger partial charge in [-0.05, 0) is 50.5 Å². The van der Waals surface area contributed by atoms with Crippen molar-refractivity contribution in [1.82, 2.24) is 0 Å². The van der Waals surface area contributed by atoms with Gasteiger partial charge in [-0.2, -0.15) is 0 Å². The minimum absolute atomic E-state index is 0.222. The normalized spacial score (nSPS) is 19.5. The Morgan fingerprint density at radius 3 is 2.35 bits per heavy atom. The van der Waals surface area contributed by atoms with Gasteiger partial charge in [0.25, 0.3) is 0 Å². The molecule has 1 atom stereocenters. The van der Waals surface area contributed by atoms with Gasteiger partial charge in [0.1, 0.15) is 11.4 Å². The van der Waals surface area contributed by atoms with E-state index in [1.54, 1.807) is 0 Å². The van der Waals surface area contributed by atoms with Crippen molar-refractivity contribution in [2.75, 3.05) is 5.73 Å². The van der Waals surface area contributed by atoms with Crippen LogP contribution in [-0.2, 0) is 0 Å². The zero-order chi connectivity index (χ0) is 14.5. The van der Waals surface area contributed by atoms with Gasteiger partial charge < -0.3 is 10.5 Å². The van der Waals surface area contributed by atoms with Gasteiger partial charge in [-0.3, -0.25) is 0 Å². The summed E-state index contributed by atoms with van der Waals surface area (Å²) in [6.45, 7) is 8.44. The molecule has 1 aliphatic heterocycles. The van der Waals surface area contributed by atoms with Gasteiger partial charge in [0.2, 0.25) is 0 Å². The standard InChI is InChI=1S/C18H21NO/c1-11-12(2)17-14(10-15(11)19)16(18(3,4)20-17)13-8-6-5-7-9-13/h5-10,16H,19H2,1-4H3. The van der Waals surface area contributed by atoms with E-state index in [-0.39, 0.29) is 11.5 Å². The average Bonchev–Trinajstić information content (AvgIpc) is 2.68. The molecule has 1 heterocycles. The molecule has 0 bridgehead atoms.